The molecule has 4 heteroatoms. The number of aryl methyl sites for hydroxylation is 1. The summed E-state index contributed by atoms with van der Waals surface area (Å²) in [6, 6.07) is 5.10. The van der Waals surface area contributed by atoms with Gasteiger partial charge >= 0.3 is 0 Å². The summed E-state index contributed by atoms with van der Waals surface area (Å²) in [6.07, 6.45) is 1.60. The van der Waals surface area contributed by atoms with E-state index in [-0.39, 0.29) is 5.25 Å². The van der Waals surface area contributed by atoms with Crippen molar-refractivity contribution in [2.45, 2.75) is 29.9 Å². The van der Waals surface area contributed by atoms with E-state index in [0.29, 0.717) is 10.6 Å². The molecule has 0 heterocycles. The second-order valence-electron chi connectivity index (χ2n) is 3.88. The van der Waals surface area contributed by atoms with Gasteiger partial charge in [-0.05, 0) is 43.5 Å². The minimum absolute atomic E-state index is 0.149. The van der Waals surface area contributed by atoms with Crippen LogP contribution in [-0.2, 0) is 9.84 Å². The van der Waals surface area contributed by atoms with E-state index in [1.807, 2.05) is 0 Å². The van der Waals surface area contributed by atoms with Gasteiger partial charge in [-0.3, -0.25) is 0 Å². The summed E-state index contributed by atoms with van der Waals surface area (Å²) in [5, 5.41) is -0.149. The van der Waals surface area contributed by atoms with E-state index in [4.69, 9.17) is 4.74 Å². The lowest BCUT2D eigenvalue weighted by atomic mass is 10.2. The number of ether oxygens (including phenoxy) is 1. The Morgan fingerprint density at radius 3 is 2.47 bits per heavy atom. The van der Waals surface area contributed by atoms with E-state index in [9.17, 15) is 8.42 Å². The van der Waals surface area contributed by atoms with Crippen LogP contribution in [-0.4, -0.2) is 20.8 Å². The second-order valence-corrected chi connectivity index (χ2v) is 6.07. The predicted octanol–water partition coefficient (Wildman–Crippen LogP) is 1.94. The van der Waals surface area contributed by atoms with Crippen molar-refractivity contribution in [3.8, 4) is 5.75 Å². The third-order valence-electron chi connectivity index (χ3n) is 2.65. The molecule has 0 aromatic heterocycles. The summed E-state index contributed by atoms with van der Waals surface area (Å²) in [6.45, 7) is 1.80. The van der Waals surface area contributed by atoms with E-state index in [1.165, 1.54) is 0 Å². The van der Waals surface area contributed by atoms with Crippen LogP contribution in [0.15, 0.2) is 23.1 Å². The molecule has 1 aliphatic rings. The zero-order chi connectivity index (χ0) is 11.1. The van der Waals surface area contributed by atoms with Crippen LogP contribution < -0.4 is 4.74 Å². The summed E-state index contributed by atoms with van der Waals surface area (Å²) in [5.74, 6) is 0.697. The maximum atomic E-state index is 12.0. The lowest BCUT2D eigenvalue weighted by molar-refractivity contribution is 0.414. The average molecular weight is 226 g/mol. The van der Waals surface area contributed by atoms with Gasteiger partial charge in [0.25, 0.3) is 0 Å². The van der Waals surface area contributed by atoms with E-state index in [1.54, 1.807) is 32.2 Å². The fourth-order valence-corrected chi connectivity index (χ4v) is 3.51. The first kappa shape index (κ1) is 10.5. The molecule has 15 heavy (non-hydrogen) atoms. The normalized spacial score (nSPS) is 16.4. The number of sulfone groups is 1. The number of hydrogen-bond acceptors (Lipinski definition) is 3. The molecular formula is C11H14O3S. The van der Waals surface area contributed by atoms with Crippen LogP contribution in [0, 0.1) is 6.92 Å². The molecule has 1 aromatic carbocycles. The lowest BCUT2D eigenvalue weighted by Crippen LogP contribution is -2.08. The molecule has 1 saturated carbocycles. The van der Waals surface area contributed by atoms with Gasteiger partial charge in [0.15, 0.2) is 9.84 Å². The summed E-state index contributed by atoms with van der Waals surface area (Å²) in [5.41, 5.74) is 0.765. The highest BCUT2D eigenvalue weighted by Gasteiger charge is 2.37. The molecule has 1 aromatic rings. The first-order valence-corrected chi connectivity index (χ1v) is 6.49. The lowest BCUT2D eigenvalue weighted by Gasteiger charge is -2.08. The largest absolute Gasteiger partial charge is 0.497 e. The zero-order valence-electron chi connectivity index (χ0n) is 8.86. The van der Waals surface area contributed by atoms with Crippen molar-refractivity contribution in [3.63, 3.8) is 0 Å². The summed E-state index contributed by atoms with van der Waals surface area (Å²) in [7, 11) is -1.50. The maximum absolute atomic E-state index is 12.0. The molecule has 0 N–H and O–H groups in total. The van der Waals surface area contributed by atoms with Crippen LogP contribution in [0.3, 0.4) is 0 Å². The van der Waals surface area contributed by atoms with Gasteiger partial charge in [0.2, 0.25) is 0 Å². The number of rotatable bonds is 3. The van der Waals surface area contributed by atoms with Gasteiger partial charge in [-0.1, -0.05) is 0 Å². The number of benzene rings is 1. The Labute approximate surface area is 90.0 Å². The molecule has 0 amide bonds. The Morgan fingerprint density at radius 1 is 1.33 bits per heavy atom. The topological polar surface area (TPSA) is 43.4 Å². The SMILES string of the molecule is COc1ccc(S(=O)(=O)C2CC2)c(C)c1. The van der Waals surface area contributed by atoms with E-state index < -0.39 is 9.84 Å². The average Bonchev–Trinajstić information content (AvgIpc) is 3.00. The van der Waals surface area contributed by atoms with Crippen molar-refractivity contribution < 1.29 is 13.2 Å². The van der Waals surface area contributed by atoms with Crippen LogP contribution >= 0.6 is 0 Å². The molecule has 1 fully saturated rings. The highest BCUT2D eigenvalue weighted by Crippen LogP contribution is 2.35. The molecule has 0 saturated heterocycles. The Hall–Kier alpha value is -1.03. The third-order valence-corrected chi connectivity index (χ3v) is 5.07. The van der Waals surface area contributed by atoms with Crippen LogP contribution in [0.5, 0.6) is 5.75 Å². The molecule has 1 aliphatic carbocycles. The van der Waals surface area contributed by atoms with E-state index in [0.717, 1.165) is 18.4 Å². The van der Waals surface area contributed by atoms with Crippen molar-refractivity contribution in [1.82, 2.24) is 0 Å². The van der Waals surface area contributed by atoms with Crippen molar-refractivity contribution in [1.29, 1.82) is 0 Å². The van der Waals surface area contributed by atoms with Crippen LogP contribution in [0.4, 0.5) is 0 Å². The van der Waals surface area contributed by atoms with Gasteiger partial charge in [-0.2, -0.15) is 0 Å². The van der Waals surface area contributed by atoms with Gasteiger partial charge in [0.05, 0.1) is 17.3 Å². The summed E-state index contributed by atoms with van der Waals surface area (Å²) >= 11 is 0. The first-order chi connectivity index (χ1) is 7.05. The molecule has 82 valence electrons. The van der Waals surface area contributed by atoms with E-state index >= 15 is 0 Å². The van der Waals surface area contributed by atoms with Gasteiger partial charge in [0, 0.05) is 0 Å². The van der Waals surface area contributed by atoms with Crippen LogP contribution in [0.25, 0.3) is 0 Å². The smallest absolute Gasteiger partial charge is 0.181 e. The Kier molecular flexibility index (Phi) is 2.46. The molecule has 0 atom stereocenters. The molecular weight excluding hydrogens is 212 g/mol. The van der Waals surface area contributed by atoms with Gasteiger partial charge < -0.3 is 4.74 Å². The quantitative estimate of drug-likeness (QED) is 0.791. The van der Waals surface area contributed by atoms with Crippen molar-refractivity contribution in [3.05, 3.63) is 23.8 Å². The van der Waals surface area contributed by atoms with E-state index in [2.05, 4.69) is 0 Å². The van der Waals surface area contributed by atoms with Crippen LogP contribution in [0.2, 0.25) is 0 Å². The van der Waals surface area contributed by atoms with Gasteiger partial charge in [0.1, 0.15) is 5.75 Å². The van der Waals surface area contributed by atoms with Crippen molar-refractivity contribution in [2.75, 3.05) is 7.11 Å². The molecule has 0 spiro atoms. The standard InChI is InChI=1S/C11H14O3S/c1-8-7-9(14-2)3-6-11(8)15(12,13)10-4-5-10/h3,6-7,10H,4-5H2,1-2H3. The number of hydrogen-bond donors (Lipinski definition) is 0. The zero-order valence-corrected chi connectivity index (χ0v) is 9.67. The fourth-order valence-electron chi connectivity index (χ4n) is 1.63. The van der Waals surface area contributed by atoms with Crippen molar-refractivity contribution in [2.24, 2.45) is 0 Å². The van der Waals surface area contributed by atoms with Crippen molar-refractivity contribution >= 4 is 9.84 Å². The Balaban J connectivity index is 2.45. The molecule has 0 radical (unpaired) electrons. The molecule has 0 bridgehead atoms. The predicted molar refractivity (Wildman–Crippen MR) is 57.9 cm³/mol. The summed E-state index contributed by atoms with van der Waals surface area (Å²) < 4.78 is 29.0. The second kappa shape index (κ2) is 3.52. The molecule has 0 aliphatic heterocycles. The van der Waals surface area contributed by atoms with Gasteiger partial charge in [-0.15, -0.1) is 0 Å². The highest BCUT2D eigenvalue weighted by atomic mass is 32.2. The fraction of sp³-hybridized carbons (Fsp3) is 0.455. The minimum atomic E-state index is -3.08. The Morgan fingerprint density at radius 2 is 2.00 bits per heavy atom. The van der Waals surface area contributed by atoms with Gasteiger partial charge in [-0.25, -0.2) is 8.42 Å². The monoisotopic (exact) mass is 226 g/mol. The number of methoxy groups -OCH3 is 1. The third kappa shape index (κ3) is 1.86. The maximum Gasteiger partial charge on any atom is 0.181 e. The Bertz CT molecular complexity index is 473. The molecule has 2 rings (SSSR count). The first-order valence-electron chi connectivity index (χ1n) is 4.94. The molecule has 3 nitrogen and oxygen atoms in total. The highest BCUT2D eigenvalue weighted by molar-refractivity contribution is 7.92. The molecule has 0 unspecified atom stereocenters. The minimum Gasteiger partial charge on any atom is -0.497 e. The van der Waals surface area contributed by atoms with Crippen LogP contribution in [0.1, 0.15) is 18.4 Å². The summed E-state index contributed by atoms with van der Waals surface area (Å²) in [4.78, 5) is 0.450.